The lowest BCUT2D eigenvalue weighted by Gasteiger charge is -2.35. The number of carbonyl (C=O) groups is 4. The highest BCUT2D eigenvalue weighted by Crippen LogP contribution is 2.35. The molecule has 2 aromatic rings. The summed E-state index contributed by atoms with van der Waals surface area (Å²) in [5.41, 5.74) is -1.89. The number of esters is 1. The lowest BCUT2D eigenvalue weighted by Crippen LogP contribution is -2.52. The maximum atomic E-state index is 15.7. The van der Waals surface area contributed by atoms with E-state index in [4.69, 9.17) is 9.47 Å². The molecule has 0 spiro atoms. The summed E-state index contributed by atoms with van der Waals surface area (Å²) in [5.74, 6) is -4.20. The number of ketones is 2. The third-order valence-corrected chi connectivity index (χ3v) is 9.37. The third kappa shape index (κ3) is 7.84. The molecule has 13 nitrogen and oxygen atoms in total. The number of nitro groups is 1. The number of fused-ring (bicyclic) bond motifs is 1. The van der Waals surface area contributed by atoms with Gasteiger partial charge in [0.05, 0.1) is 17.2 Å². The number of hydrogen-bond acceptors (Lipinski definition) is 10. The summed E-state index contributed by atoms with van der Waals surface area (Å²) in [6.45, 7) is 10.3. The number of aromatic nitrogens is 3. The summed E-state index contributed by atoms with van der Waals surface area (Å²) >= 11 is 0. The van der Waals surface area contributed by atoms with E-state index in [1.165, 1.54) is 17.0 Å². The maximum absolute atomic E-state index is 15.7. The van der Waals surface area contributed by atoms with E-state index in [-0.39, 0.29) is 30.4 Å². The van der Waals surface area contributed by atoms with Crippen LogP contribution in [0.25, 0.3) is 11.3 Å². The van der Waals surface area contributed by atoms with Crippen molar-refractivity contribution in [1.29, 1.82) is 0 Å². The van der Waals surface area contributed by atoms with Crippen molar-refractivity contribution in [2.45, 2.75) is 104 Å². The Kier molecular flexibility index (Phi) is 11.1. The van der Waals surface area contributed by atoms with Crippen molar-refractivity contribution in [3.8, 4) is 11.3 Å². The first-order valence-electron chi connectivity index (χ1n) is 16.3. The van der Waals surface area contributed by atoms with Crippen LogP contribution in [0.3, 0.4) is 0 Å². The van der Waals surface area contributed by atoms with Gasteiger partial charge in [-0.2, -0.15) is 0 Å². The molecule has 8 atom stereocenters. The number of hydrogen-bond donors (Lipinski definition) is 0. The molecule has 256 valence electrons. The molecule has 0 bridgehead atoms. The molecule has 1 amide bonds. The fourth-order valence-electron chi connectivity index (χ4n) is 6.86. The van der Waals surface area contributed by atoms with Crippen LogP contribution in [0.1, 0.15) is 73.6 Å². The predicted molar refractivity (Wildman–Crippen MR) is 168 cm³/mol. The summed E-state index contributed by atoms with van der Waals surface area (Å²) in [6.07, 6.45) is 0.922. The Morgan fingerprint density at radius 2 is 1.72 bits per heavy atom. The van der Waals surface area contributed by atoms with Crippen LogP contribution in [-0.2, 0) is 30.4 Å². The van der Waals surface area contributed by atoms with Crippen LogP contribution in [0.4, 0.5) is 14.9 Å². The Morgan fingerprint density at radius 1 is 1.04 bits per heavy atom. The van der Waals surface area contributed by atoms with Gasteiger partial charge in [-0.15, -0.1) is 5.10 Å². The number of ether oxygens (including phenoxy) is 2. The van der Waals surface area contributed by atoms with Gasteiger partial charge >= 0.3 is 12.1 Å². The number of unbranched alkanes of at least 4 members (excludes halogenated alkanes) is 1. The number of nitrogens with zero attached hydrogens (tertiary/aromatic N) is 5. The molecule has 47 heavy (non-hydrogen) atoms. The summed E-state index contributed by atoms with van der Waals surface area (Å²) in [6, 6.07) is 5.33. The van der Waals surface area contributed by atoms with Crippen molar-refractivity contribution >= 4 is 29.3 Å². The van der Waals surface area contributed by atoms with Gasteiger partial charge in [0.15, 0.2) is 11.9 Å². The lowest BCUT2D eigenvalue weighted by atomic mass is 9.78. The molecule has 2 fully saturated rings. The average Bonchev–Trinajstić information content (AvgIpc) is 3.64. The standard InChI is InChI=1S/C33H44FN5O8/c1-7-26-29-27(22(5)28(40)20(3)15-19(2)16-21(4)30(41)33(6,34)31(42)46-26)38(32(43)47-29)14-9-8-13-37-18-25(35-36-37)23-11-10-12-24(17-23)39(44)45/h10-12,17-22,26-27,29H,7-9,13-16H2,1-6H3/t19-,20+,21+,22+,26+,27-,29?,33-/m0/s1. The van der Waals surface area contributed by atoms with Crippen LogP contribution in [0, 0.1) is 33.8 Å². The molecule has 14 heteroatoms. The summed E-state index contributed by atoms with van der Waals surface area (Å²) in [5, 5.41) is 19.4. The van der Waals surface area contributed by atoms with Gasteiger partial charge in [-0.3, -0.25) is 24.4 Å². The Balaban J connectivity index is 1.51. The van der Waals surface area contributed by atoms with Crippen LogP contribution in [0.15, 0.2) is 30.5 Å². The number of nitro benzene ring substituents is 1. The van der Waals surface area contributed by atoms with Gasteiger partial charge in [-0.1, -0.05) is 52.0 Å². The fraction of sp³-hybridized carbons (Fsp3) is 0.636. The number of alkyl halides is 1. The van der Waals surface area contributed by atoms with E-state index in [1.807, 2.05) is 13.8 Å². The van der Waals surface area contributed by atoms with Gasteiger partial charge in [0.25, 0.3) is 11.4 Å². The molecule has 0 aliphatic carbocycles. The zero-order valence-corrected chi connectivity index (χ0v) is 27.8. The van der Waals surface area contributed by atoms with Crippen molar-refractivity contribution in [3.05, 3.63) is 40.6 Å². The van der Waals surface area contributed by atoms with Crippen molar-refractivity contribution in [2.75, 3.05) is 6.54 Å². The molecule has 1 unspecified atom stereocenters. The minimum Gasteiger partial charge on any atom is -0.456 e. The predicted octanol–water partition coefficient (Wildman–Crippen LogP) is 5.35. The Morgan fingerprint density at radius 3 is 2.40 bits per heavy atom. The van der Waals surface area contributed by atoms with E-state index in [1.54, 1.807) is 43.8 Å². The third-order valence-electron chi connectivity index (χ3n) is 9.37. The number of Topliss-reactive ketones (excluding diaryl/α,β-unsaturated/α-hetero) is 2. The first kappa shape index (κ1) is 35.6. The normalized spacial score (nSPS) is 30.8. The summed E-state index contributed by atoms with van der Waals surface area (Å²) < 4.78 is 28.6. The molecule has 0 radical (unpaired) electrons. The molecular formula is C33H44FN5O8. The SMILES string of the molecule is CC[C@H]1OC(=O)[C@@](C)(F)C(=O)[C@H](C)C[C@@H](C)C[C@@H](C)C(=O)[C@H](C)[C@H]2C1OC(=O)N2CCCCn1cc(-c2cccc([N+](=O)[O-])c2)nn1. The average molecular weight is 658 g/mol. The van der Waals surface area contributed by atoms with E-state index in [0.717, 1.165) is 6.92 Å². The second kappa shape index (κ2) is 14.7. The Labute approximate surface area is 273 Å². The van der Waals surface area contributed by atoms with E-state index in [9.17, 15) is 29.3 Å². The second-order valence-electron chi connectivity index (χ2n) is 13.2. The highest BCUT2D eigenvalue weighted by atomic mass is 19.1. The molecule has 2 saturated heterocycles. The molecule has 0 N–H and O–H groups in total. The van der Waals surface area contributed by atoms with Crippen LogP contribution >= 0.6 is 0 Å². The molecule has 2 aliphatic rings. The zero-order valence-electron chi connectivity index (χ0n) is 27.8. The largest absolute Gasteiger partial charge is 0.456 e. The van der Waals surface area contributed by atoms with Crippen LogP contribution in [-0.4, -0.2) is 78.9 Å². The summed E-state index contributed by atoms with van der Waals surface area (Å²) in [7, 11) is 0. The Hall–Kier alpha value is -4.23. The number of aryl methyl sites for hydroxylation is 1. The number of benzene rings is 1. The fourth-order valence-corrected chi connectivity index (χ4v) is 6.86. The monoisotopic (exact) mass is 657 g/mol. The maximum Gasteiger partial charge on any atom is 0.410 e. The molecular weight excluding hydrogens is 613 g/mol. The molecule has 1 aromatic heterocycles. The van der Waals surface area contributed by atoms with Gasteiger partial charge in [0.1, 0.15) is 17.6 Å². The van der Waals surface area contributed by atoms with Crippen LogP contribution in [0.2, 0.25) is 0 Å². The molecule has 2 aliphatic heterocycles. The Bertz CT molecular complexity index is 1490. The number of rotatable bonds is 8. The lowest BCUT2D eigenvalue weighted by molar-refractivity contribution is -0.384. The van der Waals surface area contributed by atoms with Crippen LogP contribution in [0.5, 0.6) is 0 Å². The number of cyclic esters (lactones) is 1. The molecule has 0 saturated carbocycles. The molecule has 4 rings (SSSR count). The van der Waals surface area contributed by atoms with Gasteiger partial charge in [-0.05, 0) is 44.9 Å². The smallest absolute Gasteiger partial charge is 0.410 e. The van der Waals surface area contributed by atoms with Crippen molar-refractivity contribution in [3.63, 3.8) is 0 Å². The second-order valence-corrected chi connectivity index (χ2v) is 13.2. The molecule has 3 heterocycles. The first-order chi connectivity index (χ1) is 22.1. The van der Waals surface area contributed by atoms with Gasteiger partial charge < -0.3 is 14.4 Å². The number of amides is 1. The minimum atomic E-state index is -2.88. The van der Waals surface area contributed by atoms with Gasteiger partial charge in [0.2, 0.25) is 0 Å². The zero-order chi connectivity index (χ0) is 34.6. The van der Waals surface area contributed by atoms with Crippen molar-refractivity contribution in [2.24, 2.45) is 23.7 Å². The number of halogens is 1. The van der Waals surface area contributed by atoms with E-state index >= 15 is 4.39 Å². The van der Waals surface area contributed by atoms with Gasteiger partial charge in [-0.25, -0.2) is 14.0 Å². The summed E-state index contributed by atoms with van der Waals surface area (Å²) in [4.78, 5) is 65.3. The van der Waals surface area contributed by atoms with E-state index < -0.39 is 64.4 Å². The topological polar surface area (TPSA) is 164 Å². The number of non-ortho nitro benzene ring substituents is 1. The van der Waals surface area contributed by atoms with Crippen LogP contribution < -0.4 is 0 Å². The quantitative estimate of drug-likeness (QED) is 0.119. The molecule has 1 aromatic carbocycles. The van der Waals surface area contributed by atoms with E-state index in [0.29, 0.717) is 43.5 Å². The minimum absolute atomic E-state index is 0.0517. The highest BCUT2D eigenvalue weighted by molar-refractivity contribution is 6.07. The van der Waals surface area contributed by atoms with Crippen molar-refractivity contribution < 1.29 is 38.0 Å². The first-order valence-corrected chi connectivity index (χ1v) is 16.3. The van der Waals surface area contributed by atoms with E-state index in [2.05, 4.69) is 10.3 Å². The van der Waals surface area contributed by atoms with Crippen molar-refractivity contribution in [1.82, 2.24) is 19.9 Å². The number of carbonyl (C=O) groups excluding carboxylic acids is 4. The van der Waals surface area contributed by atoms with Gasteiger partial charge in [0, 0.05) is 48.5 Å². The highest BCUT2D eigenvalue weighted by Gasteiger charge is 2.53.